The molecule has 200 valence electrons. The van der Waals surface area contributed by atoms with Crippen LogP contribution < -0.4 is 9.64 Å². The first kappa shape index (κ1) is 26.9. The van der Waals surface area contributed by atoms with Gasteiger partial charge in [0.1, 0.15) is 5.75 Å². The number of piperidine rings is 1. The molecule has 2 aromatic carbocycles. The number of carbonyl (C=O) groups excluding carboxylic acids is 1. The van der Waals surface area contributed by atoms with Gasteiger partial charge in [0.2, 0.25) is 0 Å². The van der Waals surface area contributed by atoms with Crippen LogP contribution in [0.4, 0.5) is 5.69 Å². The van der Waals surface area contributed by atoms with E-state index in [9.17, 15) is 14.7 Å². The van der Waals surface area contributed by atoms with E-state index in [-0.39, 0.29) is 30.8 Å². The Hall–Kier alpha value is -3.10. The zero-order valence-corrected chi connectivity index (χ0v) is 21.5. The third-order valence-corrected chi connectivity index (χ3v) is 7.47. The van der Waals surface area contributed by atoms with Crippen molar-refractivity contribution in [2.75, 3.05) is 70.5 Å². The fourth-order valence-corrected chi connectivity index (χ4v) is 5.30. The van der Waals surface area contributed by atoms with Crippen LogP contribution >= 0.6 is 0 Å². The van der Waals surface area contributed by atoms with Gasteiger partial charge < -0.3 is 24.4 Å². The number of aliphatic carboxylic acids is 1. The molecular weight excluding hydrogens is 470 g/mol. The minimum absolute atomic E-state index is 0.00395. The smallest absolute Gasteiger partial charge is 0.303 e. The molecule has 4 rings (SSSR count). The highest BCUT2D eigenvalue weighted by atomic mass is 16.5. The Morgan fingerprint density at radius 2 is 1.65 bits per heavy atom. The number of benzene rings is 2. The lowest BCUT2D eigenvalue weighted by Gasteiger charge is -2.39. The molecule has 2 heterocycles. The predicted octanol–water partition coefficient (Wildman–Crippen LogP) is 3.23. The first-order chi connectivity index (χ1) is 18.1. The number of nitrogens with zero attached hydrogens (tertiary/aromatic N) is 3. The molecule has 8 nitrogen and oxygen atoms in total. The number of hydrogen-bond donors (Lipinski definition) is 1. The van der Waals surface area contributed by atoms with Crippen molar-refractivity contribution in [2.24, 2.45) is 11.8 Å². The lowest BCUT2D eigenvalue weighted by atomic mass is 9.81. The van der Waals surface area contributed by atoms with Crippen LogP contribution in [0.2, 0.25) is 0 Å². The molecule has 0 aromatic heterocycles. The molecule has 0 spiro atoms. The number of hydrogen-bond acceptors (Lipinski definition) is 6. The number of likely N-dealkylation sites (tertiary alicyclic amines) is 1. The third kappa shape index (κ3) is 8.47. The SMILES string of the molecule is O=C(O)C[C@@H]1CCN(C(=O)COc2ccccc2)C[C@H]1CCN(CCN1CCOCC1)c1ccccc1. The van der Waals surface area contributed by atoms with E-state index in [0.29, 0.717) is 25.3 Å². The number of anilines is 1. The van der Waals surface area contributed by atoms with Gasteiger partial charge in [-0.25, -0.2) is 0 Å². The quantitative estimate of drug-likeness (QED) is 0.470. The maximum absolute atomic E-state index is 12.9. The van der Waals surface area contributed by atoms with E-state index in [4.69, 9.17) is 9.47 Å². The summed E-state index contributed by atoms with van der Waals surface area (Å²) in [5.41, 5.74) is 1.17. The average molecular weight is 510 g/mol. The summed E-state index contributed by atoms with van der Waals surface area (Å²) in [5.74, 6) is 0.0461. The predicted molar refractivity (Wildman–Crippen MR) is 143 cm³/mol. The Morgan fingerprint density at radius 3 is 2.35 bits per heavy atom. The Labute approximate surface area is 219 Å². The van der Waals surface area contributed by atoms with Crippen molar-refractivity contribution in [3.8, 4) is 5.75 Å². The van der Waals surface area contributed by atoms with Crippen LogP contribution in [-0.4, -0.2) is 92.4 Å². The molecule has 1 amide bonds. The van der Waals surface area contributed by atoms with Gasteiger partial charge in [-0.2, -0.15) is 0 Å². The second kappa shape index (κ2) is 14.0. The van der Waals surface area contributed by atoms with Gasteiger partial charge in [0.15, 0.2) is 6.61 Å². The summed E-state index contributed by atoms with van der Waals surface area (Å²) < 4.78 is 11.2. The Morgan fingerprint density at radius 1 is 0.946 bits per heavy atom. The summed E-state index contributed by atoms with van der Waals surface area (Å²) in [6, 6.07) is 19.7. The van der Waals surface area contributed by atoms with Gasteiger partial charge in [0, 0.05) is 57.9 Å². The average Bonchev–Trinajstić information content (AvgIpc) is 2.94. The Bertz CT molecular complexity index is 968. The maximum atomic E-state index is 12.9. The van der Waals surface area contributed by atoms with Gasteiger partial charge in [0.25, 0.3) is 5.91 Å². The summed E-state index contributed by atoms with van der Waals surface area (Å²) in [6.45, 7) is 7.28. The number of carboxylic acids is 1. The van der Waals surface area contributed by atoms with E-state index in [2.05, 4.69) is 34.1 Å². The highest BCUT2D eigenvalue weighted by molar-refractivity contribution is 5.78. The van der Waals surface area contributed by atoms with Gasteiger partial charge in [-0.1, -0.05) is 36.4 Å². The molecule has 0 radical (unpaired) electrons. The number of carbonyl (C=O) groups is 2. The lowest BCUT2D eigenvalue weighted by molar-refractivity contribution is -0.140. The maximum Gasteiger partial charge on any atom is 0.303 e. The van der Waals surface area contributed by atoms with Crippen LogP contribution in [0.15, 0.2) is 60.7 Å². The molecule has 37 heavy (non-hydrogen) atoms. The van der Waals surface area contributed by atoms with Crippen LogP contribution in [0.1, 0.15) is 19.3 Å². The molecule has 2 saturated heterocycles. The first-order valence-electron chi connectivity index (χ1n) is 13.4. The molecule has 2 atom stereocenters. The van der Waals surface area contributed by atoms with Crippen molar-refractivity contribution < 1.29 is 24.2 Å². The molecule has 2 aliphatic heterocycles. The van der Waals surface area contributed by atoms with E-state index < -0.39 is 5.97 Å². The normalized spacial score (nSPS) is 20.4. The fourth-order valence-electron chi connectivity index (χ4n) is 5.30. The van der Waals surface area contributed by atoms with Crippen LogP contribution in [-0.2, 0) is 14.3 Å². The Kier molecular flexibility index (Phi) is 10.2. The summed E-state index contributed by atoms with van der Waals surface area (Å²) in [4.78, 5) is 31.2. The monoisotopic (exact) mass is 509 g/mol. The van der Waals surface area contributed by atoms with E-state index in [1.165, 1.54) is 5.69 Å². The van der Waals surface area contributed by atoms with E-state index in [1.807, 2.05) is 41.3 Å². The number of carboxylic acid groups (broad SMARTS) is 1. The van der Waals surface area contributed by atoms with Crippen molar-refractivity contribution in [1.82, 2.24) is 9.80 Å². The van der Waals surface area contributed by atoms with Crippen LogP contribution in [0.5, 0.6) is 5.75 Å². The molecule has 2 fully saturated rings. The summed E-state index contributed by atoms with van der Waals surface area (Å²) in [6.07, 6.45) is 1.68. The Balaban J connectivity index is 1.37. The lowest BCUT2D eigenvalue weighted by Crippen LogP contribution is -2.47. The third-order valence-electron chi connectivity index (χ3n) is 7.47. The molecule has 0 unspecified atom stereocenters. The highest BCUT2D eigenvalue weighted by Gasteiger charge is 2.33. The minimum Gasteiger partial charge on any atom is -0.484 e. The van der Waals surface area contributed by atoms with Gasteiger partial charge in [-0.05, 0) is 48.9 Å². The van der Waals surface area contributed by atoms with Crippen LogP contribution in [0, 0.1) is 11.8 Å². The second-order valence-electron chi connectivity index (χ2n) is 9.91. The van der Waals surface area contributed by atoms with Crippen LogP contribution in [0.25, 0.3) is 0 Å². The van der Waals surface area contributed by atoms with E-state index in [1.54, 1.807) is 0 Å². The van der Waals surface area contributed by atoms with E-state index in [0.717, 1.165) is 52.4 Å². The first-order valence-corrected chi connectivity index (χ1v) is 13.4. The summed E-state index contributed by atoms with van der Waals surface area (Å²) in [5, 5.41) is 9.53. The molecular formula is C29H39N3O5. The molecule has 2 aliphatic rings. The van der Waals surface area contributed by atoms with Gasteiger partial charge in [0.05, 0.1) is 13.2 Å². The van der Waals surface area contributed by atoms with Crippen molar-refractivity contribution >= 4 is 17.6 Å². The van der Waals surface area contributed by atoms with Crippen molar-refractivity contribution in [1.29, 1.82) is 0 Å². The second-order valence-corrected chi connectivity index (χ2v) is 9.91. The molecule has 8 heteroatoms. The standard InChI is InChI=1S/C29H39N3O5/c33-28(23-37-27-9-5-2-6-10-27)32-14-11-24(21-29(34)35)25(22-32)12-13-31(26-7-3-1-4-8-26)16-15-30-17-19-36-20-18-30/h1-10,24-25H,11-23H2,(H,34,35)/t24-,25+/m0/s1. The number of para-hydroxylation sites is 2. The van der Waals surface area contributed by atoms with Crippen molar-refractivity contribution in [3.05, 3.63) is 60.7 Å². The van der Waals surface area contributed by atoms with E-state index >= 15 is 0 Å². The van der Waals surface area contributed by atoms with Gasteiger partial charge in [-0.15, -0.1) is 0 Å². The molecule has 0 bridgehead atoms. The van der Waals surface area contributed by atoms with Crippen LogP contribution in [0.3, 0.4) is 0 Å². The number of amides is 1. The zero-order valence-electron chi connectivity index (χ0n) is 21.5. The van der Waals surface area contributed by atoms with Gasteiger partial charge >= 0.3 is 5.97 Å². The molecule has 0 aliphatic carbocycles. The summed E-state index contributed by atoms with van der Waals surface area (Å²) in [7, 11) is 0. The molecule has 0 saturated carbocycles. The fraction of sp³-hybridized carbons (Fsp3) is 0.517. The zero-order chi connectivity index (χ0) is 25.9. The topological polar surface area (TPSA) is 82.5 Å². The number of morpholine rings is 1. The summed E-state index contributed by atoms with van der Waals surface area (Å²) >= 11 is 0. The largest absolute Gasteiger partial charge is 0.484 e. The molecule has 1 N–H and O–H groups in total. The highest BCUT2D eigenvalue weighted by Crippen LogP contribution is 2.30. The minimum atomic E-state index is -0.769. The van der Waals surface area contributed by atoms with Gasteiger partial charge in [-0.3, -0.25) is 14.5 Å². The molecule has 2 aromatic rings. The van der Waals surface area contributed by atoms with Crippen molar-refractivity contribution in [2.45, 2.75) is 19.3 Å². The number of ether oxygens (including phenoxy) is 2. The number of rotatable bonds is 12. The van der Waals surface area contributed by atoms with Crippen molar-refractivity contribution in [3.63, 3.8) is 0 Å².